The highest BCUT2D eigenvalue weighted by atomic mass is 19.4. The second kappa shape index (κ2) is 23.9. The van der Waals surface area contributed by atoms with E-state index in [1.165, 1.54) is 77.0 Å². The van der Waals surface area contributed by atoms with Crippen LogP contribution in [0.25, 0.3) is 11.1 Å². The van der Waals surface area contributed by atoms with Crippen LogP contribution in [0.3, 0.4) is 0 Å². The maximum atomic E-state index is 13.1. The highest BCUT2D eigenvalue weighted by molar-refractivity contribution is 5.90. The van der Waals surface area contributed by atoms with Crippen LogP contribution in [0.5, 0.6) is 0 Å². The Balaban J connectivity index is 1.29. The van der Waals surface area contributed by atoms with Crippen LogP contribution in [0.1, 0.15) is 145 Å². The third-order valence-electron chi connectivity index (χ3n) is 11.7. The van der Waals surface area contributed by atoms with Gasteiger partial charge in [0.15, 0.2) is 6.29 Å². The first-order chi connectivity index (χ1) is 28.6. The molecule has 3 aromatic carbocycles. The van der Waals surface area contributed by atoms with E-state index in [2.05, 4.69) is 30.1 Å². The van der Waals surface area contributed by atoms with E-state index in [0.717, 1.165) is 59.4 Å². The SMILES string of the molecule is CCCCCCCCN(CCCCCCCC)C[C@@H]1C[C@H](c2ccc(CO)cc2)O[C@H](c2cccc(-c3cccc(CNC(=O)[C@@H]4CCCN4C(=O)C(F)(F)F)c3)c2)O1. The smallest absolute Gasteiger partial charge is 0.392 e. The van der Waals surface area contributed by atoms with Gasteiger partial charge < -0.3 is 29.7 Å². The number of nitrogens with one attached hydrogen (secondary N) is 1. The zero-order valence-electron chi connectivity index (χ0n) is 35.2. The van der Waals surface area contributed by atoms with Gasteiger partial charge in [-0.3, -0.25) is 9.59 Å². The van der Waals surface area contributed by atoms with Crippen LogP contribution >= 0.6 is 0 Å². The number of alkyl halides is 3. The van der Waals surface area contributed by atoms with Crippen molar-refractivity contribution in [3.05, 3.63) is 95.1 Å². The van der Waals surface area contributed by atoms with Crippen molar-refractivity contribution < 1.29 is 37.3 Å². The Morgan fingerprint density at radius 2 is 1.41 bits per heavy atom. The molecule has 2 amide bonds. The van der Waals surface area contributed by atoms with Gasteiger partial charge in [0.1, 0.15) is 6.04 Å². The van der Waals surface area contributed by atoms with E-state index in [1.54, 1.807) is 0 Å². The largest absolute Gasteiger partial charge is 0.471 e. The van der Waals surface area contributed by atoms with Gasteiger partial charge in [0, 0.05) is 31.6 Å². The number of halogens is 3. The lowest BCUT2D eigenvalue weighted by Gasteiger charge is -2.38. The summed E-state index contributed by atoms with van der Waals surface area (Å²) in [6, 6.07) is 22.6. The molecule has 2 saturated heterocycles. The number of carbonyl (C=O) groups excluding carboxylic acids is 2. The molecule has 5 rings (SSSR count). The highest BCUT2D eigenvalue weighted by Crippen LogP contribution is 2.39. The molecule has 0 aliphatic carbocycles. The van der Waals surface area contributed by atoms with Crippen LogP contribution in [-0.4, -0.2) is 71.2 Å². The third kappa shape index (κ3) is 14.4. The number of nitrogens with zero attached hydrogens (tertiary/aromatic N) is 2. The highest BCUT2D eigenvalue weighted by Gasteiger charge is 2.47. The minimum absolute atomic E-state index is 0.0194. The van der Waals surface area contributed by atoms with Crippen molar-refractivity contribution in [2.75, 3.05) is 26.2 Å². The topological polar surface area (TPSA) is 91.3 Å². The predicted octanol–water partition coefficient (Wildman–Crippen LogP) is 10.6. The van der Waals surface area contributed by atoms with Gasteiger partial charge in [-0.1, -0.05) is 139 Å². The van der Waals surface area contributed by atoms with E-state index in [9.17, 15) is 27.9 Å². The first-order valence-corrected chi connectivity index (χ1v) is 22.2. The average Bonchev–Trinajstić information content (AvgIpc) is 3.75. The number of aliphatic hydroxyl groups is 1. The molecule has 2 aliphatic heterocycles. The molecular formula is C48H66F3N3O5. The number of ether oxygens (including phenoxy) is 2. The molecule has 8 nitrogen and oxygen atoms in total. The third-order valence-corrected chi connectivity index (χ3v) is 11.7. The van der Waals surface area contributed by atoms with E-state index < -0.39 is 30.3 Å². The van der Waals surface area contributed by atoms with Crippen molar-refractivity contribution >= 4 is 11.8 Å². The molecule has 0 bridgehead atoms. The number of aliphatic hydroxyl groups excluding tert-OH is 1. The fraction of sp³-hybridized carbons (Fsp3) is 0.583. The van der Waals surface area contributed by atoms with E-state index in [0.29, 0.717) is 11.3 Å². The van der Waals surface area contributed by atoms with Gasteiger partial charge in [-0.05, 0) is 78.7 Å². The number of benzene rings is 3. The van der Waals surface area contributed by atoms with E-state index >= 15 is 0 Å². The Bertz CT molecular complexity index is 1700. The summed E-state index contributed by atoms with van der Waals surface area (Å²) < 4.78 is 53.0. The van der Waals surface area contributed by atoms with E-state index in [-0.39, 0.29) is 38.3 Å². The zero-order chi connectivity index (χ0) is 42.0. The van der Waals surface area contributed by atoms with Crippen molar-refractivity contribution in [3.8, 4) is 11.1 Å². The number of hydrogen-bond donors (Lipinski definition) is 2. The molecule has 0 aromatic heterocycles. The summed E-state index contributed by atoms with van der Waals surface area (Å²) in [5.74, 6) is -2.56. The molecule has 11 heteroatoms. The Kier molecular flexibility index (Phi) is 18.7. The molecule has 0 unspecified atom stereocenters. The number of unbranched alkanes of at least 4 members (excludes halogenated alkanes) is 10. The summed E-state index contributed by atoms with van der Waals surface area (Å²) in [7, 11) is 0. The van der Waals surface area contributed by atoms with Crippen LogP contribution < -0.4 is 5.32 Å². The van der Waals surface area contributed by atoms with Crippen LogP contribution in [0, 0.1) is 0 Å². The average molecular weight is 822 g/mol. The molecule has 0 radical (unpaired) electrons. The summed E-state index contributed by atoms with van der Waals surface area (Å²) in [4.78, 5) is 28.1. The molecule has 2 heterocycles. The molecule has 2 N–H and O–H groups in total. The van der Waals surface area contributed by atoms with Gasteiger partial charge in [0.2, 0.25) is 5.91 Å². The second-order valence-electron chi connectivity index (χ2n) is 16.4. The second-order valence-corrected chi connectivity index (χ2v) is 16.4. The van der Waals surface area contributed by atoms with Gasteiger partial charge in [-0.15, -0.1) is 0 Å². The number of rotatable bonds is 23. The molecule has 0 saturated carbocycles. The van der Waals surface area contributed by atoms with Gasteiger partial charge in [-0.2, -0.15) is 13.2 Å². The predicted molar refractivity (Wildman–Crippen MR) is 226 cm³/mol. The number of carbonyl (C=O) groups is 2. The molecule has 2 aliphatic rings. The molecule has 324 valence electrons. The van der Waals surface area contributed by atoms with E-state index in [4.69, 9.17) is 9.47 Å². The Morgan fingerprint density at radius 3 is 2.05 bits per heavy atom. The zero-order valence-corrected chi connectivity index (χ0v) is 35.2. The van der Waals surface area contributed by atoms with Crippen molar-refractivity contribution in [3.63, 3.8) is 0 Å². The van der Waals surface area contributed by atoms with Crippen LogP contribution in [0.2, 0.25) is 0 Å². The lowest BCUT2D eigenvalue weighted by Crippen LogP contribution is -2.50. The minimum Gasteiger partial charge on any atom is -0.392 e. The first-order valence-electron chi connectivity index (χ1n) is 22.2. The number of hydrogen-bond acceptors (Lipinski definition) is 6. The normalized spacial score (nSPS) is 19.7. The maximum Gasteiger partial charge on any atom is 0.471 e. The summed E-state index contributed by atoms with van der Waals surface area (Å²) in [5.41, 5.74) is 5.40. The van der Waals surface area contributed by atoms with Crippen molar-refractivity contribution in [1.29, 1.82) is 0 Å². The molecule has 59 heavy (non-hydrogen) atoms. The van der Waals surface area contributed by atoms with Crippen molar-refractivity contribution in [1.82, 2.24) is 15.1 Å². The standard InChI is InChI=1S/C48H66F3N3O5/c1-3-5-7-9-11-13-27-53(28-14-12-10-8-6-4-2)34-42-32-44(38-25-23-36(35-55)24-26-38)59-46(58-42)41-21-16-20-40(31-41)39-19-15-18-37(30-39)33-52-45(56)43-22-17-29-54(43)47(57)48(49,50)51/h15-16,18-21,23-26,30-31,42-44,46,55H,3-14,17,22,27-29,32-35H2,1-2H3,(H,52,56)/t42-,43-,44+,46+/m0/s1. The lowest BCUT2D eigenvalue weighted by atomic mass is 9.98. The Labute approximate surface area is 349 Å². The van der Waals surface area contributed by atoms with Gasteiger partial charge in [0.05, 0.1) is 18.8 Å². The lowest BCUT2D eigenvalue weighted by molar-refractivity contribution is -0.253. The first kappa shape index (κ1) is 46.3. The minimum atomic E-state index is -5.02. The van der Waals surface area contributed by atoms with Crippen molar-refractivity contribution in [2.45, 2.75) is 154 Å². The Hall–Kier alpha value is -3.77. The van der Waals surface area contributed by atoms with Crippen LogP contribution in [-0.2, 0) is 32.2 Å². The molecule has 2 fully saturated rings. The quantitative estimate of drug-likeness (QED) is 0.0926. The van der Waals surface area contributed by atoms with E-state index in [1.807, 2.05) is 66.7 Å². The van der Waals surface area contributed by atoms with Crippen LogP contribution in [0.15, 0.2) is 72.8 Å². The summed E-state index contributed by atoms with van der Waals surface area (Å²) in [6.45, 7) is 7.44. The fourth-order valence-electron chi connectivity index (χ4n) is 8.32. The summed E-state index contributed by atoms with van der Waals surface area (Å²) in [5, 5.41) is 12.5. The van der Waals surface area contributed by atoms with Gasteiger partial charge in [0.25, 0.3) is 0 Å². The molecular weight excluding hydrogens is 756 g/mol. The summed E-state index contributed by atoms with van der Waals surface area (Å²) >= 11 is 0. The van der Waals surface area contributed by atoms with Gasteiger partial charge >= 0.3 is 12.1 Å². The van der Waals surface area contributed by atoms with Crippen LogP contribution in [0.4, 0.5) is 13.2 Å². The maximum absolute atomic E-state index is 13.1. The number of amides is 2. The molecule has 4 atom stereocenters. The molecule has 3 aromatic rings. The Morgan fingerprint density at radius 1 is 0.780 bits per heavy atom. The van der Waals surface area contributed by atoms with Crippen molar-refractivity contribution in [2.24, 2.45) is 0 Å². The summed E-state index contributed by atoms with van der Waals surface area (Å²) in [6.07, 6.45) is 10.4. The fourth-order valence-corrected chi connectivity index (χ4v) is 8.32. The molecule has 0 spiro atoms. The monoisotopic (exact) mass is 821 g/mol. The van der Waals surface area contributed by atoms with Gasteiger partial charge in [-0.25, -0.2) is 0 Å². The number of likely N-dealkylation sites (tertiary alicyclic amines) is 1.